The lowest BCUT2D eigenvalue weighted by molar-refractivity contribution is -0.140. The molecular formula is C21H24ClN5O2. The van der Waals surface area contributed by atoms with Gasteiger partial charge in [0.05, 0.1) is 6.42 Å². The molecule has 1 aromatic carbocycles. The molecule has 2 amide bonds. The summed E-state index contributed by atoms with van der Waals surface area (Å²) in [6.45, 7) is 2.24. The summed E-state index contributed by atoms with van der Waals surface area (Å²) in [5.74, 6) is 0.164. The number of aromatic nitrogens is 1. The number of nitrogens with one attached hydrogen (secondary N) is 2. The van der Waals surface area contributed by atoms with E-state index in [2.05, 4.69) is 15.8 Å². The Morgan fingerprint density at radius 2 is 1.62 bits per heavy atom. The van der Waals surface area contributed by atoms with Crippen molar-refractivity contribution < 1.29 is 9.59 Å². The number of carbonyl (C=O) groups excluding carboxylic acids is 2. The van der Waals surface area contributed by atoms with Crippen molar-refractivity contribution in [2.24, 2.45) is 0 Å². The number of piperazine rings is 1. The van der Waals surface area contributed by atoms with Crippen LogP contribution in [0.4, 0.5) is 0 Å². The second-order valence-electron chi connectivity index (χ2n) is 7.42. The number of amides is 2. The Labute approximate surface area is 175 Å². The third-order valence-electron chi connectivity index (χ3n) is 5.52. The molecule has 7 nitrogen and oxygen atoms in total. The average molecular weight is 414 g/mol. The number of hydrogen-bond acceptors (Lipinski definition) is 5. The number of pyridine rings is 1. The predicted molar refractivity (Wildman–Crippen MR) is 110 cm³/mol. The molecule has 2 saturated heterocycles. The van der Waals surface area contributed by atoms with Gasteiger partial charge in [0.1, 0.15) is 6.04 Å². The lowest BCUT2D eigenvalue weighted by Gasteiger charge is -2.36. The second kappa shape index (κ2) is 8.90. The summed E-state index contributed by atoms with van der Waals surface area (Å²) >= 11 is 5.90. The van der Waals surface area contributed by atoms with Gasteiger partial charge in [0.2, 0.25) is 11.8 Å². The van der Waals surface area contributed by atoms with Gasteiger partial charge in [-0.2, -0.15) is 0 Å². The molecule has 0 saturated carbocycles. The summed E-state index contributed by atoms with van der Waals surface area (Å²) in [6, 6.07) is 11.1. The van der Waals surface area contributed by atoms with E-state index in [9.17, 15) is 9.59 Å². The van der Waals surface area contributed by atoms with Crippen molar-refractivity contribution in [3.05, 3.63) is 64.9 Å². The van der Waals surface area contributed by atoms with Crippen LogP contribution in [-0.2, 0) is 16.0 Å². The van der Waals surface area contributed by atoms with E-state index in [1.165, 1.54) is 0 Å². The molecule has 0 aliphatic carbocycles. The molecule has 2 aromatic rings. The number of hydrazine groups is 1. The lowest BCUT2D eigenvalue weighted by atomic mass is 10.0. The molecule has 2 aliphatic rings. The van der Waals surface area contributed by atoms with E-state index in [4.69, 9.17) is 11.6 Å². The van der Waals surface area contributed by atoms with Crippen LogP contribution in [0, 0.1) is 0 Å². The number of hydrogen-bond donors (Lipinski definition) is 2. The standard InChI is InChI=1S/C21H24ClN5O2/c22-17-3-1-15(2-4-17)13-20(28)26-9-11-27(12-10-26)21(29)19-14-18(24-25-19)16-5-7-23-8-6-16/h1-8,18-19,24-25H,9-14H2. The van der Waals surface area contributed by atoms with Gasteiger partial charge in [0, 0.05) is 49.6 Å². The molecule has 4 rings (SSSR count). The van der Waals surface area contributed by atoms with Crippen molar-refractivity contribution in [2.75, 3.05) is 26.2 Å². The molecule has 3 heterocycles. The monoisotopic (exact) mass is 413 g/mol. The number of nitrogens with zero attached hydrogens (tertiary/aromatic N) is 3. The molecule has 0 radical (unpaired) electrons. The van der Waals surface area contributed by atoms with Crippen molar-refractivity contribution >= 4 is 23.4 Å². The molecule has 1 aromatic heterocycles. The summed E-state index contributed by atoms with van der Waals surface area (Å²) < 4.78 is 0. The normalized spacial score (nSPS) is 22.0. The molecule has 2 N–H and O–H groups in total. The fourth-order valence-corrected chi connectivity index (χ4v) is 3.94. The average Bonchev–Trinajstić information content (AvgIpc) is 3.26. The summed E-state index contributed by atoms with van der Waals surface area (Å²) in [6.07, 6.45) is 4.56. The van der Waals surface area contributed by atoms with Crippen LogP contribution in [0.15, 0.2) is 48.8 Å². The minimum Gasteiger partial charge on any atom is -0.339 e. The van der Waals surface area contributed by atoms with Crippen LogP contribution < -0.4 is 10.9 Å². The van der Waals surface area contributed by atoms with Gasteiger partial charge in [0.15, 0.2) is 0 Å². The van der Waals surface area contributed by atoms with Crippen molar-refractivity contribution in [1.29, 1.82) is 0 Å². The van der Waals surface area contributed by atoms with Crippen LogP contribution in [0.5, 0.6) is 0 Å². The Morgan fingerprint density at radius 3 is 2.31 bits per heavy atom. The molecular weight excluding hydrogens is 390 g/mol. The highest BCUT2D eigenvalue weighted by Crippen LogP contribution is 2.23. The summed E-state index contributed by atoms with van der Waals surface area (Å²) in [5.41, 5.74) is 8.38. The maximum absolute atomic E-state index is 12.9. The van der Waals surface area contributed by atoms with E-state index < -0.39 is 0 Å². The molecule has 0 spiro atoms. The maximum Gasteiger partial charge on any atom is 0.241 e. The van der Waals surface area contributed by atoms with Crippen LogP contribution in [0.25, 0.3) is 0 Å². The summed E-state index contributed by atoms with van der Waals surface area (Å²) in [5, 5.41) is 0.662. The van der Waals surface area contributed by atoms with Gasteiger partial charge in [-0.3, -0.25) is 14.6 Å². The number of halogens is 1. The SMILES string of the molecule is O=C(Cc1ccc(Cl)cc1)N1CCN(C(=O)C2CC(c3ccncc3)NN2)CC1. The second-order valence-corrected chi connectivity index (χ2v) is 7.86. The predicted octanol–water partition coefficient (Wildman–Crippen LogP) is 1.56. The smallest absolute Gasteiger partial charge is 0.241 e. The first-order chi connectivity index (χ1) is 14.1. The fourth-order valence-electron chi connectivity index (χ4n) is 3.82. The molecule has 2 unspecified atom stereocenters. The van der Waals surface area contributed by atoms with Gasteiger partial charge in [0.25, 0.3) is 0 Å². The van der Waals surface area contributed by atoms with E-state index in [0.717, 1.165) is 11.1 Å². The highest BCUT2D eigenvalue weighted by Gasteiger charge is 2.34. The van der Waals surface area contributed by atoms with Gasteiger partial charge >= 0.3 is 0 Å². The molecule has 8 heteroatoms. The molecule has 2 atom stereocenters. The minimum atomic E-state index is -0.260. The molecule has 152 valence electrons. The zero-order valence-corrected chi connectivity index (χ0v) is 16.8. The minimum absolute atomic E-state index is 0.0813. The number of carbonyl (C=O) groups is 2. The highest BCUT2D eigenvalue weighted by atomic mass is 35.5. The summed E-state index contributed by atoms with van der Waals surface area (Å²) in [4.78, 5) is 33.1. The van der Waals surface area contributed by atoms with Crippen LogP contribution in [0.2, 0.25) is 5.02 Å². The van der Waals surface area contributed by atoms with Crippen molar-refractivity contribution in [3.63, 3.8) is 0 Å². The summed E-state index contributed by atoms with van der Waals surface area (Å²) in [7, 11) is 0. The molecule has 0 bridgehead atoms. The Balaban J connectivity index is 1.26. The van der Waals surface area contributed by atoms with Gasteiger partial charge in [-0.1, -0.05) is 23.7 Å². The Bertz CT molecular complexity index is 853. The third-order valence-corrected chi connectivity index (χ3v) is 5.77. The van der Waals surface area contributed by atoms with E-state index in [-0.39, 0.29) is 23.9 Å². The first-order valence-corrected chi connectivity index (χ1v) is 10.2. The van der Waals surface area contributed by atoms with Crippen molar-refractivity contribution in [1.82, 2.24) is 25.6 Å². The molecule has 2 aliphatic heterocycles. The highest BCUT2D eigenvalue weighted by molar-refractivity contribution is 6.30. The molecule has 2 fully saturated rings. The van der Waals surface area contributed by atoms with Gasteiger partial charge in [-0.25, -0.2) is 10.9 Å². The number of benzene rings is 1. The first-order valence-electron chi connectivity index (χ1n) is 9.82. The van der Waals surface area contributed by atoms with Crippen molar-refractivity contribution in [3.8, 4) is 0 Å². The van der Waals surface area contributed by atoms with Gasteiger partial charge in [-0.15, -0.1) is 0 Å². The first kappa shape index (κ1) is 19.8. The zero-order valence-electron chi connectivity index (χ0n) is 16.1. The Morgan fingerprint density at radius 1 is 0.966 bits per heavy atom. The fraction of sp³-hybridized carbons (Fsp3) is 0.381. The van der Waals surface area contributed by atoms with Crippen LogP contribution >= 0.6 is 11.6 Å². The van der Waals surface area contributed by atoms with E-state index in [0.29, 0.717) is 44.0 Å². The lowest BCUT2D eigenvalue weighted by Crippen LogP contribution is -2.54. The van der Waals surface area contributed by atoms with Gasteiger partial charge < -0.3 is 9.80 Å². The van der Waals surface area contributed by atoms with Crippen LogP contribution in [0.3, 0.4) is 0 Å². The maximum atomic E-state index is 12.9. The largest absolute Gasteiger partial charge is 0.339 e. The van der Waals surface area contributed by atoms with Crippen molar-refractivity contribution in [2.45, 2.75) is 24.9 Å². The number of rotatable bonds is 4. The third kappa shape index (κ3) is 4.75. The Kier molecular flexibility index (Phi) is 6.08. The van der Waals surface area contributed by atoms with Gasteiger partial charge in [-0.05, 0) is 41.8 Å². The molecule has 29 heavy (non-hydrogen) atoms. The Hall–Kier alpha value is -2.48. The quantitative estimate of drug-likeness (QED) is 0.795. The van der Waals surface area contributed by atoms with Crippen LogP contribution in [0.1, 0.15) is 23.6 Å². The topological polar surface area (TPSA) is 77.6 Å². The van der Waals surface area contributed by atoms with E-state index >= 15 is 0 Å². The zero-order chi connectivity index (χ0) is 20.2. The van der Waals surface area contributed by atoms with E-state index in [1.54, 1.807) is 24.5 Å². The van der Waals surface area contributed by atoms with Crippen LogP contribution in [-0.4, -0.2) is 58.8 Å². The van der Waals surface area contributed by atoms with E-state index in [1.807, 2.05) is 34.1 Å².